The minimum atomic E-state index is -3.57. The Morgan fingerprint density at radius 1 is 0.731 bits per heavy atom. The second kappa shape index (κ2) is 8.77. The third-order valence-electron chi connectivity index (χ3n) is 3.78. The first-order valence-electron chi connectivity index (χ1n) is 8.27. The van der Waals surface area contributed by atoms with Crippen molar-refractivity contribution in [1.82, 2.24) is 9.44 Å². The fraction of sp³-hybridized carbons (Fsp3) is 0.333. The lowest BCUT2D eigenvalue weighted by Gasteiger charge is -2.09. The number of hydrogen-bond donors (Lipinski definition) is 2. The lowest BCUT2D eigenvalue weighted by molar-refractivity contribution is 0.572. The van der Waals surface area contributed by atoms with Crippen LogP contribution in [0.1, 0.15) is 23.1 Å². The summed E-state index contributed by atoms with van der Waals surface area (Å²) in [6.45, 7) is 4.15. The zero-order chi connectivity index (χ0) is 19.2. The van der Waals surface area contributed by atoms with E-state index >= 15 is 0 Å². The second-order valence-electron chi connectivity index (χ2n) is 6.20. The van der Waals surface area contributed by atoms with Crippen molar-refractivity contribution in [2.75, 3.05) is 13.1 Å². The van der Waals surface area contributed by atoms with Crippen LogP contribution in [0.15, 0.2) is 53.4 Å². The molecule has 6 nitrogen and oxygen atoms in total. The number of rotatable bonds is 9. The zero-order valence-corrected chi connectivity index (χ0v) is 16.5. The summed E-state index contributed by atoms with van der Waals surface area (Å²) in [6.07, 6.45) is 0.359. The highest BCUT2D eigenvalue weighted by molar-refractivity contribution is 7.89. The first-order valence-corrected chi connectivity index (χ1v) is 11.4. The molecule has 2 aromatic rings. The Balaban J connectivity index is 1.77. The monoisotopic (exact) mass is 396 g/mol. The van der Waals surface area contributed by atoms with Gasteiger partial charge >= 0.3 is 0 Å². The molecule has 0 heterocycles. The van der Waals surface area contributed by atoms with Gasteiger partial charge in [0.25, 0.3) is 0 Å². The third kappa shape index (κ3) is 6.53. The fourth-order valence-electron chi connectivity index (χ4n) is 2.28. The minimum absolute atomic E-state index is 0.0949. The van der Waals surface area contributed by atoms with E-state index in [1.54, 1.807) is 36.4 Å². The number of aryl methyl sites for hydroxylation is 2. The van der Waals surface area contributed by atoms with Gasteiger partial charge in [-0.25, -0.2) is 26.3 Å². The number of sulfonamides is 2. The van der Waals surface area contributed by atoms with Crippen molar-refractivity contribution in [3.8, 4) is 0 Å². The summed E-state index contributed by atoms with van der Waals surface area (Å²) in [6, 6.07) is 13.8. The van der Waals surface area contributed by atoms with E-state index in [-0.39, 0.29) is 23.7 Å². The van der Waals surface area contributed by atoms with Gasteiger partial charge in [0, 0.05) is 13.1 Å². The molecule has 0 saturated heterocycles. The summed E-state index contributed by atoms with van der Waals surface area (Å²) in [4.78, 5) is 0.197. The molecule has 0 atom stereocenters. The van der Waals surface area contributed by atoms with E-state index in [1.165, 1.54) is 0 Å². The SMILES string of the molecule is Cc1ccc(CS(=O)(=O)NCCCNS(=O)(=O)c2ccc(C)cc2)cc1. The first kappa shape index (κ1) is 20.6. The van der Waals surface area contributed by atoms with Crippen LogP contribution in [0.2, 0.25) is 0 Å². The zero-order valence-electron chi connectivity index (χ0n) is 14.9. The maximum absolute atomic E-state index is 12.1. The smallest absolute Gasteiger partial charge is 0.215 e. The van der Waals surface area contributed by atoms with Crippen molar-refractivity contribution in [3.63, 3.8) is 0 Å². The molecule has 0 aliphatic heterocycles. The number of benzene rings is 2. The predicted octanol–water partition coefficient (Wildman–Crippen LogP) is 2.09. The third-order valence-corrected chi connectivity index (χ3v) is 6.61. The molecule has 2 aromatic carbocycles. The molecule has 0 radical (unpaired) electrons. The fourth-order valence-corrected chi connectivity index (χ4v) is 4.54. The van der Waals surface area contributed by atoms with E-state index in [2.05, 4.69) is 9.44 Å². The average molecular weight is 397 g/mol. The van der Waals surface area contributed by atoms with Gasteiger partial charge in [-0.15, -0.1) is 0 Å². The van der Waals surface area contributed by atoms with Crippen LogP contribution in [0.4, 0.5) is 0 Å². The molecule has 0 aromatic heterocycles. The molecule has 8 heteroatoms. The molecule has 0 bridgehead atoms. The quantitative estimate of drug-likeness (QED) is 0.635. The minimum Gasteiger partial charge on any atom is -0.215 e. The highest BCUT2D eigenvalue weighted by Gasteiger charge is 2.14. The largest absolute Gasteiger partial charge is 0.240 e. The normalized spacial score (nSPS) is 12.2. The van der Waals surface area contributed by atoms with Gasteiger partial charge in [-0.2, -0.15) is 0 Å². The van der Waals surface area contributed by atoms with Gasteiger partial charge in [0.1, 0.15) is 0 Å². The van der Waals surface area contributed by atoms with E-state index in [1.807, 2.05) is 26.0 Å². The van der Waals surface area contributed by atoms with Gasteiger partial charge in [-0.3, -0.25) is 0 Å². The lowest BCUT2D eigenvalue weighted by Crippen LogP contribution is -2.30. The molecule has 142 valence electrons. The Hall–Kier alpha value is -1.74. The summed E-state index contributed by atoms with van der Waals surface area (Å²) in [5.41, 5.74) is 2.76. The summed E-state index contributed by atoms with van der Waals surface area (Å²) < 4.78 is 53.3. The first-order chi connectivity index (χ1) is 12.2. The van der Waals surface area contributed by atoms with Crippen molar-refractivity contribution in [2.45, 2.75) is 30.9 Å². The molecule has 0 aliphatic carbocycles. The molecule has 0 aliphatic rings. The molecule has 0 spiro atoms. The highest BCUT2D eigenvalue weighted by Crippen LogP contribution is 2.10. The van der Waals surface area contributed by atoms with Crippen LogP contribution in [0.25, 0.3) is 0 Å². The Bertz CT molecular complexity index is 920. The second-order valence-corrected chi connectivity index (χ2v) is 9.78. The van der Waals surface area contributed by atoms with Crippen LogP contribution >= 0.6 is 0 Å². The molecule has 0 fully saturated rings. The Morgan fingerprint density at radius 2 is 1.23 bits per heavy atom. The maximum Gasteiger partial charge on any atom is 0.240 e. The van der Waals surface area contributed by atoms with E-state index in [9.17, 15) is 16.8 Å². The van der Waals surface area contributed by atoms with Crippen LogP contribution in [-0.4, -0.2) is 29.9 Å². The summed E-state index contributed by atoms with van der Waals surface area (Å²) in [5, 5.41) is 0. The van der Waals surface area contributed by atoms with E-state index in [0.29, 0.717) is 12.0 Å². The molecule has 2 N–H and O–H groups in total. The van der Waals surface area contributed by atoms with Crippen LogP contribution in [0, 0.1) is 13.8 Å². The van der Waals surface area contributed by atoms with Crippen molar-refractivity contribution in [3.05, 3.63) is 65.2 Å². The van der Waals surface area contributed by atoms with E-state index < -0.39 is 20.0 Å². The molecule has 2 rings (SSSR count). The van der Waals surface area contributed by atoms with Gasteiger partial charge in [-0.05, 0) is 38.0 Å². The van der Waals surface area contributed by atoms with Crippen LogP contribution in [0.5, 0.6) is 0 Å². The molecular weight excluding hydrogens is 372 g/mol. The van der Waals surface area contributed by atoms with Crippen molar-refractivity contribution in [2.24, 2.45) is 0 Å². The maximum atomic E-state index is 12.1. The van der Waals surface area contributed by atoms with Gasteiger partial charge in [-0.1, -0.05) is 47.5 Å². The predicted molar refractivity (Wildman–Crippen MR) is 103 cm³/mol. The van der Waals surface area contributed by atoms with Crippen LogP contribution in [0.3, 0.4) is 0 Å². The average Bonchev–Trinajstić information content (AvgIpc) is 2.56. The van der Waals surface area contributed by atoms with Crippen molar-refractivity contribution >= 4 is 20.0 Å². The summed E-state index contributed by atoms with van der Waals surface area (Å²) >= 11 is 0. The van der Waals surface area contributed by atoms with E-state index in [0.717, 1.165) is 11.1 Å². The Morgan fingerprint density at radius 3 is 1.81 bits per heavy atom. The number of hydrogen-bond acceptors (Lipinski definition) is 4. The van der Waals surface area contributed by atoms with Gasteiger partial charge in [0.15, 0.2) is 0 Å². The summed E-state index contributed by atoms with van der Waals surface area (Å²) in [7, 11) is -7.02. The van der Waals surface area contributed by atoms with Crippen LogP contribution in [-0.2, 0) is 25.8 Å². The van der Waals surface area contributed by atoms with Crippen molar-refractivity contribution in [1.29, 1.82) is 0 Å². The molecule has 26 heavy (non-hydrogen) atoms. The van der Waals surface area contributed by atoms with Crippen molar-refractivity contribution < 1.29 is 16.8 Å². The molecule has 0 amide bonds. The standard InChI is InChI=1S/C18H24N2O4S2/c1-15-4-8-17(9-5-15)14-25(21,22)19-12-3-13-20-26(23,24)18-10-6-16(2)7-11-18/h4-11,19-20H,3,12-14H2,1-2H3. The molecular formula is C18H24N2O4S2. The Labute approximate surface area is 155 Å². The van der Waals surface area contributed by atoms with E-state index in [4.69, 9.17) is 0 Å². The lowest BCUT2D eigenvalue weighted by atomic mass is 10.2. The van der Waals surface area contributed by atoms with Gasteiger partial charge in [0.2, 0.25) is 20.0 Å². The topological polar surface area (TPSA) is 92.3 Å². The Kier molecular flexibility index (Phi) is 6.94. The van der Waals surface area contributed by atoms with Gasteiger partial charge < -0.3 is 0 Å². The van der Waals surface area contributed by atoms with Gasteiger partial charge in [0.05, 0.1) is 10.6 Å². The van der Waals surface area contributed by atoms with Crippen LogP contribution < -0.4 is 9.44 Å². The highest BCUT2D eigenvalue weighted by atomic mass is 32.2. The summed E-state index contributed by atoms with van der Waals surface area (Å²) in [5.74, 6) is -0.0949. The number of nitrogens with one attached hydrogen (secondary N) is 2. The molecule has 0 unspecified atom stereocenters. The molecule has 0 saturated carbocycles.